The van der Waals surface area contributed by atoms with E-state index in [0.717, 1.165) is 11.5 Å². The van der Waals surface area contributed by atoms with Crippen LogP contribution < -0.4 is 5.32 Å². The quantitative estimate of drug-likeness (QED) is 0.893. The van der Waals surface area contributed by atoms with Crippen LogP contribution in [0.4, 0.5) is 0 Å². The molecule has 0 aromatic carbocycles. The van der Waals surface area contributed by atoms with Gasteiger partial charge in [0.1, 0.15) is 11.5 Å². The van der Waals surface area contributed by atoms with Gasteiger partial charge in [0.2, 0.25) is 0 Å². The lowest BCUT2D eigenvalue weighted by atomic mass is 9.96. The molecule has 0 saturated carbocycles. The molecule has 0 aliphatic heterocycles. The number of furan rings is 1. The van der Waals surface area contributed by atoms with E-state index in [1.54, 1.807) is 11.3 Å². The standard InChI is InChI=1S/C14H19NOS/c1-8-9(2)16-10(3)13(8)14(15-5)12-6-7-17-11(12)4/h6-7,14-15H,1-5H3. The van der Waals surface area contributed by atoms with E-state index in [-0.39, 0.29) is 6.04 Å². The van der Waals surface area contributed by atoms with Crippen LogP contribution in [0.25, 0.3) is 0 Å². The first-order valence-corrected chi connectivity index (χ1v) is 6.72. The minimum Gasteiger partial charge on any atom is -0.466 e. The van der Waals surface area contributed by atoms with Gasteiger partial charge >= 0.3 is 0 Å². The number of aryl methyl sites for hydroxylation is 3. The molecule has 0 spiro atoms. The van der Waals surface area contributed by atoms with Crippen LogP contribution in [0.5, 0.6) is 0 Å². The first kappa shape index (κ1) is 12.4. The average molecular weight is 249 g/mol. The summed E-state index contributed by atoms with van der Waals surface area (Å²) in [6.45, 7) is 8.37. The molecular formula is C14H19NOS. The summed E-state index contributed by atoms with van der Waals surface area (Å²) >= 11 is 1.79. The molecule has 2 aromatic heterocycles. The fourth-order valence-corrected chi connectivity index (χ4v) is 3.12. The molecule has 0 bridgehead atoms. The molecule has 0 saturated heterocycles. The summed E-state index contributed by atoms with van der Waals surface area (Å²) in [6, 6.07) is 2.43. The summed E-state index contributed by atoms with van der Waals surface area (Å²) in [4.78, 5) is 1.36. The molecule has 0 aliphatic rings. The highest BCUT2D eigenvalue weighted by atomic mass is 32.1. The second kappa shape index (κ2) is 4.67. The zero-order valence-electron chi connectivity index (χ0n) is 11.0. The highest BCUT2D eigenvalue weighted by Crippen LogP contribution is 2.34. The van der Waals surface area contributed by atoms with Crippen molar-refractivity contribution in [1.82, 2.24) is 5.32 Å². The van der Waals surface area contributed by atoms with Crippen molar-refractivity contribution < 1.29 is 4.42 Å². The molecule has 2 rings (SSSR count). The lowest BCUT2D eigenvalue weighted by Gasteiger charge is -2.17. The molecule has 0 radical (unpaired) electrons. The van der Waals surface area contributed by atoms with Gasteiger partial charge in [-0.05, 0) is 57.3 Å². The van der Waals surface area contributed by atoms with Crippen LogP contribution in [0.3, 0.4) is 0 Å². The SMILES string of the molecule is CNC(c1ccsc1C)c1c(C)oc(C)c1C. The van der Waals surface area contributed by atoms with E-state index >= 15 is 0 Å². The number of thiophene rings is 1. The Labute approximate surface area is 107 Å². The Morgan fingerprint density at radius 2 is 1.88 bits per heavy atom. The van der Waals surface area contributed by atoms with Gasteiger partial charge in [0.15, 0.2) is 0 Å². The number of hydrogen-bond acceptors (Lipinski definition) is 3. The van der Waals surface area contributed by atoms with Gasteiger partial charge in [-0.15, -0.1) is 11.3 Å². The second-order valence-corrected chi connectivity index (χ2v) is 5.53. The number of nitrogens with one attached hydrogen (secondary N) is 1. The topological polar surface area (TPSA) is 25.2 Å². The van der Waals surface area contributed by atoms with Gasteiger partial charge in [0.25, 0.3) is 0 Å². The highest BCUT2D eigenvalue weighted by Gasteiger charge is 2.22. The maximum Gasteiger partial charge on any atom is 0.106 e. The molecule has 0 amide bonds. The van der Waals surface area contributed by atoms with E-state index in [0.29, 0.717) is 0 Å². The Morgan fingerprint density at radius 3 is 2.29 bits per heavy atom. The number of hydrogen-bond donors (Lipinski definition) is 1. The first-order valence-electron chi connectivity index (χ1n) is 5.84. The summed E-state index contributed by atoms with van der Waals surface area (Å²) in [5.74, 6) is 2.04. The van der Waals surface area contributed by atoms with Gasteiger partial charge < -0.3 is 9.73 Å². The third-order valence-electron chi connectivity index (χ3n) is 3.40. The smallest absolute Gasteiger partial charge is 0.106 e. The Balaban J connectivity index is 2.53. The molecule has 1 N–H and O–H groups in total. The maximum absolute atomic E-state index is 5.73. The van der Waals surface area contributed by atoms with Gasteiger partial charge in [-0.3, -0.25) is 0 Å². The molecule has 92 valence electrons. The van der Waals surface area contributed by atoms with Gasteiger partial charge in [-0.2, -0.15) is 0 Å². The fourth-order valence-electron chi connectivity index (χ4n) is 2.38. The molecular weight excluding hydrogens is 230 g/mol. The van der Waals surface area contributed by atoms with E-state index in [1.807, 2.05) is 20.9 Å². The molecule has 17 heavy (non-hydrogen) atoms. The largest absolute Gasteiger partial charge is 0.466 e. The van der Waals surface area contributed by atoms with Crippen molar-refractivity contribution in [3.63, 3.8) is 0 Å². The van der Waals surface area contributed by atoms with E-state index in [2.05, 4.69) is 30.6 Å². The van der Waals surface area contributed by atoms with E-state index in [9.17, 15) is 0 Å². The Bertz CT molecular complexity index is 524. The minimum absolute atomic E-state index is 0.235. The minimum atomic E-state index is 0.235. The van der Waals surface area contributed by atoms with Crippen LogP contribution in [0.15, 0.2) is 15.9 Å². The molecule has 2 heterocycles. The fraction of sp³-hybridized carbons (Fsp3) is 0.429. The summed E-state index contributed by atoms with van der Waals surface area (Å²) in [5.41, 5.74) is 3.89. The summed E-state index contributed by atoms with van der Waals surface area (Å²) in [5, 5.41) is 5.55. The lowest BCUT2D eigenvalue weighted by Crippen LogP contribution is -2.19. The normalized spacial score (nSPS) is 13.0. The van der Waals surface area contributed by atoms with E-state index in [4.69, 9.17) is 4.42 Å². The van der Waals surface area contributed by atoms with Crippen molar-refractivity contribution in [3.8, 4) is 0 Å². The zero-order chi connectivity index (χ0) is 12.6. The van der Waals surface area contributed by atoms with Crippen LogP contribution in [0.2, 0.25) is 0 Å². The predicted molar refractivity (Wildman–Crippen MR) is 72.9 cm³/mol. The van der Waals surface area contributed by atoms with Crippen molar-refractivity contribution in [3.05, 3.63) is 44.5 Å². The van der Waals surface area contributed by atoms with Crippen molar-refractivity contribution in [2.45, 2.75) is 33.7 Å². The third-order valence-corrected chi connectivity index (χ3v) is 4.27. The van der Waals surface area contributed by atoms with Crippen molar-refractivity contribution in [2.75, 3.05) is 7.05 Å². The lowest BCUT2D eigenvalue weighted by molar-refractivity contribution is 0.495. The zero-order valence-corrected chi connectivity index (χ0v) is 11.9. The van der Waals surface area contributed by atoms with Crippen LogP contribution >= 0.6 is 11.3 Å². The Kier molecular flexibility index (Phi) is 3.40. The summed E-state index contributed by atoms with van der Waals surface area (Å²) in [6.07, 6.45) is 0. The Hall–Kier alpha value is -1.06. The molecule has 2 nitrogen and oxygen atoms in total. The van der Waals surface area contributed by atoms with Crippen LogP contribution in [0, 0.1) is 27.7 Å². The molecule has 1 atom stereocenters. The molecule has 2 aromatic rings. The van der Waals surface area contributed by atoms with Gasteiger partial charge in [0, 0.05) is 10.4 Å². The molecule has 3 heteroatoms. The van der Waals surface area contributed by atoms with Crippen molar-refractivity contribution >= 4 is 11.3 Å². The maximum atomic E-state index is 5.73. The van der Waals surface area contributed by atoms with Crippen molar-refractivity contribution in [1.29, 1.82) is 0 Å². The van der Waals surface area contributed by atoms with Crippen LogP contribution in [-0.4, -0.2) is 7.05 Å². The predicted octanol–water partition coefficient (Wildman–Crippen LogP) is 3.88. The second-order valence-electron chi connectivity index (χ2n) is 4.41. The van der Waals surface area contributed by atoms with Crippen molar-refractivity contribution in [2.24, 2.45) is 0 Å². The van der Waals surface area contributed by atoms with Crippen LogP contribution in [0.1, 0.15) is 39.1 Å². The van der Waals surface area contributed by atoms with E-state index < -0.39 is 0 Å². The van der Waals surface area contributed by atoms with Crippen LogP contribution in [-0.2, 0) is 0 Å². The van der Waals surface area contributed by atoms with E-state index in [1.165, 1.54) is 21.6 Å². The monoisotopic (exact) mass is 249 g/mol. The Morgan fingerprint density at radius 1 is 1.18 bits per heavy atom. The van der Waals surface area contributed by atoms with Gasteiger partial charge in [-0.25, -0.2) is 0 Å². The highest BCUT2D eigenvalue weighted by molar-refractivity contribution is 7.10. The van der Waals surface area contributed by atoms with Gasteiger partial charge in [-0.1, -0.05) is 0 Å². The number of rotatable bonds is 3. The summed E-state index contributed by atoms with van der Waals surface area (Å²) < 4.78 is 5.73. The van der Waals surface area contributed by atoms with Gasteiger partial charge in [0.05, 0.1) is 6.04 Å². The molecule has 0 aliphatic carbocycles. The average Bonchev–Trinajstić information content (AvgIpc) is 2.79. The summed E-state index contributed by atoms with van der Waals surface area (Å²) in [7, 11) is 2.00. The first-order chi connectivity index (χ1) is 8.06. The molecule has 0 fully saturated rings. The third kappa shape index (κ3) is 2.05. The molecule has 1 unspecified atom stereocenters.